The predicted molar refractivity (Wildman–Crippen MR) is 121 cm³/mol. The molecular weight excluding hydrogens is 400 g/mol. The van der Waals surface area contributed by atoms with Gasteiger partial charge < -0.3 is 4.84 Å². The zero-order valence-corrected chi connectivity index (χ0v) is 17.6. The van der Waals surface area contributed by atoms with Gasteiger partial charge in [-0.1, -0.05) is 65.3 Å². The molecule has 0 radical (unpaired) electrons. The Hall–Kier alpha value is -3.47. The van der Waals surface area contributed by atoms with Crippen molar-refractivity contribution in [1.29, 1.82) is 0 Å². The maximum Gasteiger partial charge on any atom is 0.238 e. The van der Waals surface area contributed by atoms with E-state index in [1.54, 1.807) is 0 Å². The Kier molecular flexibility index (Phi) is 3.56. The summed E-state index contributed by atoms with van der Waals surface area (Å²) in [5, 5.41) is 6.55. The number of aryl methyl sites for hydroxylation is 1. The van der Waals surface area contributed by atoms with E-state index in [2.05, 4.69) is 36.3 Å². The van der Waals surface area contributed by atoms with Crippen LogP contribution in [0, 0.1) is 36.5 Å². The van der Waals surface area contributed by atoms with E-state index < -0.39 is 0 Å². The summed E-state index contributed by atoms with van der Waals surface area (Å²) in [5.41, 5.74) is 3.85. The summed E-state index contributed by atoms with van der Waals surface area (Å²) >= 11 is 0. The van der Waals surface area contributed by atoms with E-state index in [9.17, 15) is 9.59 Å². The third-order valence-electron chi connectivity index (χ3n) is 8.03. The van der Waals surface area contributed by atoms with Gasteiger partial charge in [0.2, 0.25) is 11.8 Å². The number of hydrogen-bond acceptors (Lipinski definition) is 4. The van der Waals surface area contributed by atoms with E-state index in [-0.39, 0.29) is 47.5 Å². The Morgan fingerprint density at radius 3 is 2.34 bits per heavy atom. The average Bonchev–Trinajstić information content (AvgIpc) is 3.54. The lowest BCUT2D eigenvalue weighted by Crippen LogP contribution is -2.41. The normalized spacial score (nSPS) is 32.3. The Morgan fingerprint density at radius 1 is 0.844 bits per heavy atom. The van der Waals surface area contributed by atoms with Crippen molar-refractivity contribution in [2.24, 2.45) is 34.7 Å². The zero-order valence-electron chi connectivity index (χ0n) is 17.6. The number of rotatable bonds is 2. The van der Waals surface area contributed by atoms with Crippen LogP contribution in [-0.2, 0) is 14.4 Å². The first-order valence-corrected chi connectivity index (χ1v) is 11.3. The van der Waals surface area contributed by atoms with Gasteiger partial charge in [0, 0.05) is 11.8 Å². The van der Waals surface area contributed by atoms with Gasteiger partial charge in [-0.25, -0.2) is 0 Å². The van der Waals surface area contributed by atoms with Gasteiger partial charge in [0.1, 0.15) is 6.10 Å². The van der Waals surface area contributed by atoms with Crippen molar-refractivity contribution in [1.82, 2.24) is 0 Å². The van der Waals surface area contributed by atoms with Crippen molar-refractivity contribution in [3.63, 3.8) is 0 Å². The standard InChI is InChI=1S/C27H22N2O3/c1-14-6-8-16(9-7-14)24-23-19-13-20(25(23)32-28-24)22-21(19)26(30)29(27(22)31)18-11-10-15-4-2-3-5-17(15)12-18/h2-12,19-23,25H,13H2,1H3/t19-,20-,21-,22-,23-,25-/m1/s1. The molecule has 5 heteroatoms. The third-order valence-corrected chi connectivity index (χ3v) is 8.03. The molecule has 5 nitrogen and oxygen atoms in total. The second kappa shape index (κ2) is 6.28. The molecule has 4 aliphatic rings. The second-order valence-corrected chi connectivity index (χ2v) is 9.60. The molecule has 0 N–H and O–H groups in total. The molecule has 2 aliphatic carbocycles. The largest absolute Gasteiger partial charge is 0.391 e. The van der Waals surface area contributed by atoms with E-state index in [0.29, 0.717) is 5.69 Å². The molecule has 1 saturated heterocycles. The molecule has 158 valence electrons. The van der Waals surface area contributed by atoms with Crippen LogP contribution in [0.25, 0.3) is 10.8 Å². The summed E-state index contributed by atoms with van der Waals surface area (Å²) in [4.78, 5) is 34.5. The van der Waals surface area contributed by atoms with Gasteiger partial charge in [-0.05, 0) is 47.7 Å². The highest BCUT2D eigenvalue weighted by Crippen LogP contribution is 2.62. The first-order valence-electron chi connectivity index (χ1n) is 11.3. The molecule has 0 aromatic heterocycles. The summed E-state index contributed by atoms with van der Waals surface area (Å²) in [6.07, 6.45) is 0.754. The number of hydrogen-bond donors (Lipinski definition) is 0. The maximum atomic E-state index is 13.6. The van der Waals surface area contributed by atoms with Crippen molar-refractivity contribution in [3.8, 4) is 0 Å². The van der Waals surface area contributed by atoms with Gasteiger partial charge in [-0.15, -0.1) is 0 Å². The van der Waals surface area contributed by atoms with Gasteiger partial charge in [-0.2, -0.15) is 0 Å². The second-order valence-electron chi connectivity index (χ2n) is 9.60. The molecule has 7 rings (SSSR count). The van der Waals surface area contributed by atoms with E-state index in [1.165, 1.54) is 10.5 Å². The number of oxime groups is 1. The van der Waals surface area contributed by atoms with Gasteiger partial charge in [0.15, 0.2) is 0 Å². The van der Waals surface area contributed by atoms with Crippen molar-refractivity contribution >= 4 is 34.0 Å². The summed E-state index contributed by atoms with van der Waals surface area (Å²) in [6, 6.07) is 22.1. The predicted octanol–water partition coefficient (Wildman–Crippen LogP) is 4.32. The fourth-order valence-electron chi connectivity index (χ4n) is 6.66. The van der Waals surface area contributed by atoms with Gasteiger partial charge in [0.25, 0.3) is 0 Å². The van der Waals surface area contributed by atoms with E-state index in [4.69, 9.17) is 4.84 Å². The van der Waals surface area contributed by atoms with Crippen LogP contribution < -0.4 is 4.90 Å². The molecule has 3 aromatic carbocycles. The molecule has 3 aromatic rings. The lowest BCUT2D eigenvalue weighted by Gasteiger charge is -2.29. The number of anilines is 1. The fraction of sp³-hybridized carbons (Fsp3) is 0.296. The molecule has 6 atom stereocenters. The molecule has 0 unspecified atom stereocenters. The van der Waals surface area contributed by atoms with Crippen molar-refractivity contribution in [2.45, 2.75) is 19.4 Å². The average molecular weight is 422 g/mol. The minimum atomic E-state index is -0.298. The van der Waals surface area contributed by atoms with E-state index >= 15 is 0 Å². The minimum absolute atomic E-state index is 0.0450. The number of amides is 2. The maximum absolute atomic E-state index is 13.6. The molecule has 2 amide bonds. The van der Waals surface area contributed by atoms with Crippen molar-refractivity contribution < 1.29 is 14.4 Å². The number of carbonyl (C=O) groups is 2. The topological polar surface area (TPSA) is 59.0 Å². The number of nitrogens with zero attached hydrogens (tertiary/aromatic N) is 2. The van der Waals surface area contributed by atoms with Crippen LogP contribution in [0.4, 0.5) is 5.69 Å². The Bertz CT molecular complexity index is 1330. The molecule has 0 spiro atoms. The highest BCUT2D eigenvalue weighted by atomic mass is 16.6. The molecule has 2 bridgehead atoms. The molecule has 2 heterocycles. The Balaban J connectivity index is 1.25. The number of carbonyl (C=O) groups excluding carboxylic acids is 2. The zero-order chi connectivity index (χ0) is 21.6. The van der Waals surface area contributed by atoms with Crippen LogP contribution in [0.5, 0.6) is 0 Å². The quantitative estimate of drug-likeness (QED) is 0.578. The summed E-state index contributed by atoms with van der Waals surface area (Å²) in [6.45, 7) is 2.06. The molecule has 32 heavy (non-hydrogen) atoms. The van der Waals surface area contributed by atoms with Crippen molar-refractivity contribution in [3.05, 3.63) is 77.9 Å². The minimum Gasteiger partial charge on any atom is -0.391 e. The lowest BCUT2D eigenvalue weighted by molar-refractivity contribution is -0.125. The van der Waals surface area contributed by atoms with E-state index in [0.717, 1.165) is 28.5 Å². The first-order chi connectivity index (χ1) is 15.6. The molecule has 2 aliphatic heterocycles. The summed E-state index contributed by atoms with van der Waals surface area (Å²) < 4.78 is 0. The third kappa shape index (κ3) is 2.26. The van der Waals surface area contributed by atoms with Crippen LogP contribution >= 0.6 is 0 Å². The van der Waals surface area contributed by atoms with Gasteiger partial charge >= 0.3 is 0 Å². The number of imide groups is 1. The highest BCUT2D eigenvalue weighted by Gasteiger charge is 2.70. The first kappa shape index (κ1) is 18.1. The molecule has 3 fully saturated rings. The molecular formula is C27H22N2O3. The van der Waals surface area contributed by atoms with E-state index in [1.807, 2.05) is 42.5 Å². The number of fused-ring (bicyclic) bond motifs is 9. The SMILES string of the molecule is Cc1ccc(C2=NO[C@@H]3[C@@H]4C[C@H]([C@H]5C(=O)N(c6ccc7ccccc7c6)C(=O)[C@H]45)[C@H]23)cc1. The van der Waals surface area contributed by atoms with Crippen LogP contribution in [-0.4, -0.2) is 23.6 Å². The van der Waals surface area contributed by atoms with Crippen molar-refractivity contribution in [2.75, 3.05) is 4.90 Å². The summed E-state index contributed by atoms with van der Waals surface area (Å²) in [7, 11) is 0. The molecule has 2 saturated carbocycles. The van der Waals surface area contributed by atoms with Crippen LogP contribution in [0.15, 0.2) is 71.9 Å². The smallest absolute Gasteiger partial charge is 0.238 e. The van der Waals surface area contributed by atoms with Crippen LogP contribution in [0.2, 0.25) is 0 Å². The van der Waals surface area contributed by atoms with Gasteiger partial charge in [0.05, 0.1) is 23.2 Å². The Morgan fingerprint density at radius 2 is 1.56 bits per heavy atom. The highest BCUT2D eigenvalue weighted by molar-refractivity contribution is 6.23. The fourth-order valence-corrected chi connectivity index (χ4v) is 6.66. The lowest BCUT2D eigenvalue weighted by atomic mass is 9.71. The monoisotopic (exact) mass is 422 g/mol. The van der Waals surface area contributed by atoms with Gasteiger partial charge in [-0.3, -0.25) is 14.5 Å². The van der Waals surface area contributed by atoms with Crippen LogP contribution in [0.3, 0.4) is 0 Å². The summed E-state index contributed by atoms with van der Waals surface area (Å²) in [5.74, 6) is -0.490. The van der Waals surface area contributed by atoms with Crippen LogP contribution in [0.1, 0.15) is 17.5 Å². The Labute approximate surface area is 185 Å². The number of benzene rings is 3.